The molecule has 0 amide bonds. The van der Waals surface area contributed by atoms with E-state index in [9.17, 15) is 0 Å². The minimum absolute atomic E-state index is 0. The van der Waals surface area contributed by atoms with Gasteiger partial charge in [0.2, 0.25) is 0 Å². The number of halogens is 1. The van der Waals surface area contributed by atoms with E-state index >= 15 is 0 Å². The lowest BCUT2D eigenvalue weighted by atomic mass is 9.95. The highest BCUT2D eigenvalue weighted by Crippen LogP contribution is 2.32. The first-order valence-corrected chi connectivity index (χ1v) is 12.6. The van der Waals surface area contributed by atoms with Crippen LogP contribution in [0.25, 0.3) is 0 Å². The Morgan fingerprint density at radius 3 is 2.48 bits per heavy atom. The molecule has 2 fully saturated rings. The number of methoxy groups -OCH3 is 1. The van der Waals surface area contributed by atoms with Crippen LogP contribution in [0.1, 0.15) is 70.4 Å². The second kappa shape index (κ2) is 15.2. The molecule has 33 heavy (non-hydrogen) atoms. The van der Waals surface area contributed by atoms with Gasteiger partial charge in [0.25, 0.3) is 0 Å². The Labute approximate surface area is 218 Å². The smallest absolute Gasteiger partial charge is 0.193 e. The van der Waals surface area contributed by atoms with Gasteiger partial charge in [-0.05, 0) is 51.5 Å². The fourth-order valence-corrected chi connectivity index (χ4v) is 5.02. The van der Waals surface area contributed by atoms with Gasteiger partial charge in [-0.15, -0.1) is 24.0 Å². The van der Waals surface area contributed by atoms with Gasteiger partial charge in [-0.1, -0.05) is 43.2 Å². The van der Waals surface area contributed by atoms with Crippen LogP contribution in [-0.4, -0.2) is 69.0 Å². The van der Waals surface area contributed by atoms with Gasteiger partial charge >= 0.3 is 0 Å². The molecule has 3 rings (SSSR count). The van der Waals surface area contributed by atoms with Crippen LogP contribution in [-0.2, 0) is 9.47 Å². The van der Waals surface area contributed by atoms with E-state index in [-0.39, 0.29) is 29.5 Å². The molecular weight excluding hydrogens is 527 g/mol. The van der Waals surface area contributed by atoms with Crippen molar-refractivity contribution in [1.29, 1.82) is 0 Å². The average molecular weight is 573 g/mol. The fraction of sp³-hybridized carbons (Fsp3) is 0.731. The molecule has 1 heterocycles. The average Bonchev–Trinajstić information content (AvgIpc) is 3.29. The van der Waals surface area contributed by atoms with Gasteiger partial charge in [0, 0.05) is 51.5 Å². The predicted octanol–water partition coefficient (Wildman–Crippen LogP) is 4.75. The first-order chi connectivity index (χ1) is 15.7. The van der Waals surface area contributed by atoms with Crippen molar-refractivity contribution in [2.75, 3.05) is 46.5 Å². The summed E-state index contributed by atoms with van der Waals surface area (Å²) in [7, 11) is 1.74. The molecule has 0 bridgehead atoms. The lowest BCUT2D eigenvalue weighted by molar-refractivity contribution is 0.00988. The highest BCUT2D eigenvalue weighted by atomic mass is 127. The Bertz CT molecular complexity index is 674. The maximum absolute atomic E-state index is 6.04. The third kappa shape index (κ3) is 9.00. The van der Waals surface area contributed by atoms with Crippen molar-refractivity contribution in [3.8, 4) is 0 Å². The molecule has 6 nitrogen and oxygen atoms in total. The van der Waals surface area contributed by atoms with Crippen molar-refractivity contribution in [3.63, 3.8) is 0 Å². The van der Waals surface area contributed by atoms with Crippen LogP contribution in [0.15, 0.2) is 35.3 Å². The van der Waals surface area contributed by atoms with E-state index < -0.39 is 0 Å². The van der Waals surface area contributed by atoms with Crippen molar-refractivity contribution >= 4 is 29.9 Å². The van der Waals surface area contributed by atoms with Crippen LogP contribution in [0.4, 0.5) is 0 Å². The topological polar surface area (TPSA) is 58.1 Å². The van der Waals surface area contributed by atoms with Gasteiger partial charge in [0.15, 0.2) is 5.96 Å². The van der Waals surface area contributed by atoms with Crippen molar-refractivity contribution in [2.45, 2.75) is 76.5 Å². The van der Waals surface area contributed by atoms with Crippen LogP contribution in [0.2, 0.25) is 0 Å². The van der Waals surface area contributed by atoms with Gasteiger partial charge in [-0.2, -0.15) is 0 Å². The molecule has 0 spiro atoms. The van der Waals surface area contributed by atoms with E-state index in [0.29, 0.717) is 12.1 Å². The molecule has 1 unspecified atom stereocenters. The van der Waals surface area contributed by atoms with Crippen LogP contribution in [0.3, 0.4) is 0 Å². The van der Waals surface area contributed by atoms with E-state index in [1.54, 1.807) is 7.11 Å². The third-order valence-corrected chi connectivity index (χ3v) is 6.84. The summed E-state index contributed by atoms with van der Waals surface area (Å²) in [5.74, 6) is 1.06. The van der Waals surface area contributed by atoms with Crippen LogP contribution in [0.5, 0.6) is 0 Å². The van der Waals surface area contributed by atoms with E-state index in [1.807, 2.05) is 0 Å². The number of guanidine groups is 1. The summed E-state index contributed by atoms with van der Waals surface area (Å²) in [5.41, 5.74) is 1.45. The number of nitrogens with one attached hydrogen (secondary N) is 2. The summed E-state index contributed by atoms with van der Waals surface area (Å²) in [6.45, 7) is 9.73. The number of ether oxygens (including phenoxy) is 2. The quantitative estimate of drug-likeness (QED) is 0.174. The Kier molecular flexibility index (Phi) is 13.0. The fourth-order valence-electron chi connectivity index (χ4n) is 5.02. The minimum atomic E-state index is 0. The van der Waals surface area contributed by atoms with Crippen molar-refractivity contribution < 1.29 is 9.47 Å². The SMILES string of the molecule is CCNC(=NCC1(NC(C)c2ccccc2)CCCC1)N1CCC(OCCCOC)CC1.I. The van der Waals surface area contributed by atoms with Crippen LogP contribution >= 0.6 is 24.0 Å². The van der Waals surface area contributed by atoms with Gasteiger partial charge < -0.3 is 25.0 Å². The first-order valence-electron chi connectivity index (χ1n) is 12.6. The molecular formula is C26H45IN4O2. The molecule has 1 aliphatic carbocycles. The standard InChI is InChI=1S/C26H44N4O2.HI/c1-4-27-25(30-17-13-24(14-18-30)32-20-10-19-31-3)28-21-26(15-8-9-16-26)29-22(2)23-11-6-5-7-12-23;/h5-7,11-12,22,24,29H,4,8-10,13-21H2,1-3H3,(H,27,28);1H. The lowest BCUT2D eigenvalue weighted by Crippen LogP contribution is -2.50. The number of hydrogen-bond donors (Lipinski definition) is 2. The number of aliphatic imine (C=N–C) groups is 1. The van der Waals surface area contributed by atoms with E-state index in [0.717, 1.165) is 64.6 Å². The molecule has 0 aromatic heterocycles. The molecule has 2 N–H and O–H groups in total. The summed E-state index contributed by atoms with van der Waals surface area (Å²) >= 11 is 0. The highest BCUT2D eigenvalue weighted by Gasteiger charge is 2.35. The molecule has 188 valence electrons. The molecule has 1 aromatic carbocycles. The number of piperidine rings is 1. The monoisotopic (exact) mass is 572 g/mol. The van der Waals surface area contributed by atoms with Gasteiger partial charge in [-0.3, -0.25) is 4.99 Å². The molecule has 1 atom stereocenters. The lowest BCUT2D eigenvalue weighted by Gasteiger charge is -2.36. The molecule has 7 heteroatoms. The zero-order valence-corrected chi connectivity index (χ0v) is 23.2. The molecule has 0 radical (unpaired) electrons. The van der Waals surface area contributed by atoms with Crippen molar-refractivity contribution in [3.05, 3.63) is 35.9 Å². The first kappa shape index (κ1) is 28.3. The third-order valence-electron chi connectivity index (χ3n) is 6.84. The second-order valence-corrected chi connectivity index (χ2v) is 9.34. The number of nitrogens with zero attached hydrogens (tertiary/aromatic N) is 2. The Hall–Kier alpha value is -0.900. The van der Waals surface area contributed by atoms with Gasteiger partial charge in [-0.25, -0.2) is 0 Å². The minimum Gasteiger partial charge on any atom is -0.385 e. The molecule has 1 saturated heterocycles. The normalized spacial score (nSPS) is 19.8. The maximum Gasteiger partial charge on any atom is 0.193 e. The number of rotatable bonds is 11. The summed E-state index contributed by atoms with van der Waals surface area (Å²) in [6.07, 6.45) is 8.42. The largest absolute Gasteiger partial charge is 0.385 e. The zero-order chi connectivity index (χ0) is 22.7. The highest BCUT2D eigenvalue weighted by molar-refractivity contribution is 14.0. The van der Waals surface area contributed by atoms with Gasteiger partial charge in [0.05, 0.1) is 12.6 Å². The second-order valence-electron chi connectivity index (χ2n) is 9.34. The molecule has 1 aliphatic heterocycles. The predicted molar refractivity (Wildman–Crippen MR) is 148 cm³/mol. The van der Waals surface area contributed by atoms with Crippen molar-refractivity contribution in [1.82, 2.24) is 15.5 Å². The summed E-state index contributed by atoms with van der Waals surface area (Å²) < 4.78 is 11.2. The van der Waals surface area contributed by atoms with E-state index in [1.165, 1.54) is 31.2 Å². The van der Waals surface area contributed by atoms with E-state index in [2.05, 4.69) is 59.7 Å². The summed E-state index contributed by atoms with van der Waals surface area (Å²) in [5, 5.41) is 7.51. The van der Waals surface area contributed by atoms with Crippen LogP contribution in [0, 0.1) is 0 Å². The summed E-state index contributed by atoms with van der Waals surface area (Å²) in [4.78, 5) is 7.58. The number of hydrogen-bond acceptors (Lipinski definition) is 4. The van der Waals surface area contributed by atoms with Crippen molar-refractivity contribution in [2.24, 2.45) is 4.99 Å². The van der Waals surface area contributed by atoms with Gasteiger partial charge in [0.1, 0.15) is 0 Å². The molecule has 1 saturated carbocycles. The molecule has 2 aliphatic rings. The molecule has 1 aromatic rings. The zero-order valence-electron chi connectivity index (χ0n) is 20.9. The Morgan fingerprint density at radius 1 is 1.15 bits per heavy atom. The Balaban J connectivity index is 0.00000385. The van der Waals surface area contributed by atoms with E-state index in [4.69, 9.17) is 14.5 Å². The Morgan fingerprint density at radius 2 is 1.85 bits per heavy atom. The maximum atomic E-state index is 6.04. The van der Waals surface area contributed by atoms with Crippen LogP contribution < -0.4 is 10.6 Å². The summed E-state index contributed by atoms with van der Waals surface area (Å²) in [6, 6.07) is 11.1. The number of likely N-dealkylation sites (tertiary alicyclic amines) is 1. The number of benzene rings is 1.